The number of amides is 1. The molecule has 0 radical (unpaired) electrons. The van der Waals surface area contributed by atoms with Crippen molar-refractivity contribution in [2.75, 3.05) is 5.32 Å². The maximum absolute atomic E-state index is 10.9. The Morgan fingerprint density at radius 2 is 2.14 bits per heavy atom. The number of hydrogen-bond donors (Lipinski definition) is 2. The lowest BCUT2D eigenvalue weighted by Gasteiger charge is -2.05. The molecule has 0 heterocycles. The van der Waals surface area contributed by atoms with E-state index < -0.39 is 11.1 Å². The first-order chi connectivity index (χ1) is 6.50. The summed E-state index contributed by atoms with van der Waals surface area (Å²) in [6.07, 6.45) is 0. The third kappa shape index (κ3) is 2.65. The third-order valence-corrected chi connectivity index (χ3v) is 2.51. The SMILES string of the molecule is CC(=O)Nc1ccc(C)c(S(=O)O)c1. The van der Waals surface area contributed by atoms with Crippen molar-refractivity contribution in [3.8, 4) is 0 Å². The molecular formula is C9H11NO3S. The van der Waals surface area contributed by atoms with E-state index in [-0.39, 0.29) is 5.91 Å². The smallest absolute Gasteiger partial charge is 0.221 e. The van der Waals surface area contributed by atoms with Gasteiger partial charge in [-0.1, -0.05) is 6.07 Å². The van der Waals surface area contributed by atoms with E-state index >= 15 is 0 Å². The Morgan fingerprint density at radius 3 is 2.64 bits per heavy atom. The molecule has 0 saturated heterocycles. The first-order valence-electron chi connectivity index (χ1n) is 4.00. The zero-order chi connectivity index (χ0) is 10.7. The maximum Gasteiger partial charge on any atom is 0.221 e. The summed E-state index contributed by atoms with van der Waals surface area (Å²) in [5, 5.41) is 2.54. The monoisotopic (exact) mass is 213 g/mol. The molecule has 1 aromatic carbocycles. The molecule has 2 N–H and O–H groups in total. The third-order valence-electron chi connectivity index (χ3n) is 1.70. The highest BCUT2D eigenvalue weighted by Gasteiger charge is 2.06. The predicted octanol–water partition coefficient (Wildman–Crippen LogP) is 1.53. The van der Waals surface area contributed by atoms with Gasteiger partial charge in [0.1, 0.15) is 0 Å². The molecule has 14 heavy (non-hydrogen) atoms. The fourth-order valence-corrected chi connectivity index (χ4v) is 1.64. The van der Waals surface area contributed by atoms with Crippen LogP contribution in [0.4, 0.5) is 5.69 Å². The molecule has 0 saturated carbocycles. The van der Waals surface area contributed by atoms with Gasteiger partial charge >= 0.3 is 0 Å². The van der Waals surface area contributed by atoms with Crippen molar-refractivity contribution in [2.45, 2.75) is 18.7 Å². The Bertz CT molecular complexity index is 390. The van der Waals surface area contributed by atoms with Crippen LogP contribution in [0.25, 0.3) is 0 Å². The molecule has 0 aromatic heterocycles. The molecule has 1 aromatic rings. The number of aryl methyl sites for hydroxylation is 1. The van der Waals surface area contributed by atoms with Gasteiger partial charge in [0.25, 0.3) is 0 Å². The van der Waals surface area contributed by atoms with Gasteiger partial charge in [-0.25, -0.2) is 4.21 Å². The van der Waals surface area contributed by atoms with Gasteiger partial charge < -0.3 is 9.87 Å². The molecule has 0 bridgehead atoms. The second-order valence-electron chi connectivity index (χ2n) is 2.91. The molecule has 4 nitrogen and oxygen atoms in total. The van der Waals surface area contributed by atoms with Crippen LogP contribution >= 0.6 is 0 Å². The largest absolute Gasteiger partial charge is 0.326 e. The quantitative estimate of drug-likeness (QED) is 0.732. The van der Waals surface area contributed by atoms with E-state index in [9.17, 15) is 9.00 Å². The van der Waals surface area contributed by atoms with E-state index in [1.54, 1.807) is 19.1 Å². The van der Waals surface area contributed by atoms with E-state index in [1.165, 1.54) is 13.0 Å². The van der Waals surface area contributed by atoms with Gasteiger partial charge in [-0.2, -0.15) is 0 Å². The van der Waals surface area contributed by atoms with Crippen molar-refractivity contribution < 1.29 is 13.6 Å². The molecule has 1 unspecified atom stereocenters. The van der Waals surface area contributed by atoms with Gasteiger partial charge in [0, 0.05) is 12.6 Å². The molecule has 0 spiro atoms. The van der Waals surface area contributed by atoms with E-state index in [1.807, 2.05) is 0 Å². The summed E-state index contributed by atoms with van der Waals surface area (Å²) in [4.78, 5) is 11.0. The molecule has 76 valence electrons. The number of hydrogen-bond acceptors (Lipinski definition) is 2. The lowest BCUT2D eigenvalue weighted by molar-refractivity contribution is -0.114. The van der Waals surface area contributed by atoms with Crippen LogP contribution in [0.15, 0.2) is 23.1 Å². The topological polar surface area (TPSA) is 66.4 Å². The standard InChI is InChI=1S/C9H11NO3S/c1-6-3-4-8(10-7(2)11)5-9(6)14(12)13/h3-5H,1-2H3,(H,10,11)(H,12,13). The summed E-state index contributed by atoms with van der Waals surface area (Å²) >= 11 is -2.02. The second-order valence-corrected chi connectivity index (χ2v) is 3.85. The van der Waals surface area contributed by atoms with Crippen molar-refractivity contribution >= 4 is 22.7 Å². The highest BCUT2D eigenvalue weighted by Crippen LogP contribution is 2.17. The molecule has 0 aliphatic carbocycles. The van der Waals surface area contributed by atoms with Crippen LogP contribution in [0.1, 0.15) is 12.5 Å². The van der Waals surface area contributed by atoms with E-state index in [4.69, 9.17) is 4.55 Å². The predicted molar refractivity (Wildman–Crippen MR) is 54.5 cm³/mol. The summed E-state index contributed by atoms with van der Waals surface area (Å²) in [5.41, 5.74) is 1.25. The normalized spacial score (nSPS) is 12.2. The number of carbonyl (C=O) groups excluding carboxylic acids is 1. The zero-order valence-electron chi connectivity index (χ0n) is 7.90. The van der Waals surface area contributed by atoms with Crippen LogP contribution in [0.2, 0.25) is 0 Å². The van der Waals surface area contributed by atoms with E-state index in [0.29, 0.717) is 10.6 Å². The minimum atomic E-state index is -2.02. The average Bonchev–Trinajstić information content (AvgIpc) is 2.07. The minimum absolute atomic E-state index is 0.205. The number of carbonyl (C=O) groups is 1. The Morgan fingerprint density at radius 1 is 1.50 bits per heavy atom. The fraction of sp³-hybridized carbons (Fsp3) is 0.222. The Labute approximate surface area is 84.6 Å². The molecular weight excluding hydrogens is 202 g/mol. The number of benzene rings is 1. The molecule has 1 rings (SSSR count). The lowest BCUT2D eigenvalue weighted by Crippen LogP contribution is -2.06. The Kier molecular flexibility index (Phi) is 3.38. The first kappa shape index (κ1) is 10.9. The summed E-state index contributed by atoms with van der Waals surface area (Å²) in [7, 11) is 0. The average molecular weight is 213 g/mol. The van der Waals surface area contributed by atoms with Crippen LogP contribution < -0.4 is 5.32 Å². The Balaban J connectivity index is 3.06. The van der Waals surface area contributed by atoms with E-state index in [0.717, 1.165) is 5.56 Å². The maximum atomic E-state index is 10.9. The molecule has 1 atom stereocenters. The number of nitrogens with one attached hydrogen (secondary N) is 1. The number of anilines is 1. The highest BCUT2D eigenvalue weighted by molar-refractivity contribution is 7.79. The summed E-state index contributed by atoms with van der Waals surface area (Å²) in [6, 6.07) is 4.87. The summed E-state index contributed by atoms with van der Waals surface area (Å²) < 4.78 is 19.8. The van der Waals surface area contributed by atoms with Gasteiger partial charge in [-0.15, -0.1) is 0 Å². The number of rotatable bonds is 2. The van der Waals surface area contributed by atoms with Gasteiger partial charge in [-0.05, 0) is 24.6 Å². The van der Waals surface area contributed by atoms with Gasteiger partial charge in [0.15, 0.2) is 11.1 Å². The lowest BCUT2D eigenvalue weighted by atomic mass is 10.2. The van der Waals surface area contributed by atoms with Crippen LogP contribution in [0.5, 0.6) is 0 Å². The van der Waals surface area contributed by atoms with E-state index in [2.05, 4.69) is 5.32 Å². The minimum Gasteiger partial charge on any atom is -0.326 e. The van der Waals surface area contributed by atoms with Crippen molar-refractivity contribution in [3.63, 3.8) is 0 Å². The summed E-state index contributed by atoms with van der Waals surface area (Å²) in [6.45, 7) is 3.12. The second kappa shape index (κ2) is 4.34. The fourth-order valence-electron chi connectivity index (χ4n) is 1.07. The van der Waals surface area contributed by atoms with Crippen molar-refractivity contribution in [1.82, 2.24) is 0 Å². The highest BCUT2D eigenvalue weighted by atomic mass is 32.2. The van der Waals surface area contributed by atoms with Gasteiger partial charge in [0.2, 0.25) is 5.91 Å². The van der Waals surface area contributed by atoms with Crippen molar-refractivity contribution in [3.05, 3.63) is 23.8 Å². The van der Waals surface area contributed by atoms with Gasteiger partial charge in [-0.3, -0.25) is 4.79 Å². The van der Waals surface area contributed by atoms with Gasteiger partial charge in [0.05, 0.1) is 4.90 Å². The Hall–Kier alpha value is -1.20. The van der Waals surface area contributed by atoms with Crippen LogP contribution in [0, 0.1) is 6.92 Å². The molecule has 5 heteroatoms. The zero-order valence-corrected chi connectivity index (χ0v) is 8.72. The van der Waals surface area contributed by atoms with Crippen molar-refractivity contribution in [2.24, 2.45) is 0 Å². The van der Waals surface area contributed by atoms with Crippen LogP contribution in [-0.4, -0.2) is 14.7 Å². The molecule has 0 fully saturated rings. The van der Waals surface area contributed by atoms with Crippen LogP contribution in [-0.2, 0) is 15.9 Å². The summed E-state index contributed by atoms with van der Waals surface area (Å²) in [5.74, 6) is -0.205. The molecule has 0 aliphatic rings. The first-order valence-corrected chi connectivity index (χ1v) is 5.10. The molecule has 1 amide bonds. The van der Waals surface area contributed by atoms with Crippen molar-refractivity contribution in [1.29, 1.82) is 0 Å². The van der Waals surface area contributed by atoms with Crippen LogP contribution in [0.3, 0.4) is 0 Å². The molecule has 0 aliphatic heterocycles.